The SMILES string of the molecule is O=C[C@@H](OC(=O)[C@@H](O)[C@@H](O)[C@H](O)[C@H](O)CO)[C@@H](O)[C@H](O)[C@H](O)CO. The summed E-state index contributed by atoms with van der Waals surface area (Å²) in [5, 5.41) is 82.8. The number of esters is 1. The Kier molecular flexibility index (Phi) is 10.1. The molecule has 0 aliphatic heterocycles. The summed E-state index contributed by atoms with van der Waals surface area (Å²) in [6.07, 6.45) is -17.1. The molecule has 9 N–H and O–H groups in total. The van der Waals surface area contributed by atoms with Gasteiger partial charge in [-0.05, 0) is 0 Å². The first kappa shape index (κ1) is 22.8. The Balaban J connectivity index is 4.89. The Bertz CT molecular complexity index is 390. The van der Waals surface area contributed by atoms with Gasteiger partial charge < -0.3 is 50.7 Å². The van der Waals surface area contributed by atoms with E-state index < -0.39 is 68.0 Å². The summed E-state index contributed by atoms with van der Waals surface area (Å²) in [4.78, 5) is 22.4. The maximum atomic E-state index is 11.6. The summed E-state index contributed by atoms with van der Waals surface area (Å²) in [7, 11) is 0. The van der Waals surface area contributed by atoms with Crippen molar-refractivity contribution in [2.45, 2.75) is 48.8 Å². The second kappa shape index (κ2) is 10.6. The normalized spacial score (nSPS) is 21.7. The number of carbonyl (C=O) groups excluding carboxylic acids is 2. The molecule has 0 aromatic rings. The van der Waals surface area contributed by atoms with Crippen molar-refractivity contribution >= 4 is 12.3 Å². The van der Waals surface area contributed by atoms with E-state index in [0.717, 1.165) is 0 Å². The quantitative estimate of drug-likeness (QED) is 0.124. The maximum absolute atomic E-state index is 11.6. The lowest BCUT2D eigenvalue weighted by atomic mass is 10.0. The average Bonchev–Trinajstić information content (AvgIpc) is 2.60. The molecule has 0 aromatic carbocycles. The van der Waals surface area contributed by atoms with E-state index in [1.165, 1.54) is 0 Å². The molecule has 0 fully saturated rings. The lowest BCUT2D eigenvalue weighted by molar-refractivity contribution is -0.186. The molecule has 24 heavy (non-hydrogen) atoms. The van der Waals surface area contributed by atoms with Crippen LogP contribution in [-0.2, 0) is 14.3 Å². The van der Waals surface area contributed by atoms with Gasteiger partial charge in [0.15, 0.2) is 18.5 Å². The molecule has 0 rings (SSSR count). The second-order valence-electron chi connectivity index (χ2n) is 4.94. The third kappa shape index (κ3) is 6.01. The van der Waals surface area contributed by atoms with E-state index in [1.54, 1.807) is 0 Å². The number of aliphatic hydroxyl groups excluding tert-OH is 9. The van der Waals surface area contributed by atoms with E-state index in [2.05, 4.69) is 4.74 Å². The van der Waals surface area contributed by atoms with Crippen LogP contribution in [0.5, 0.6) is 0 Å². The lowest BCUT2D eigenvalue weighted by Crippen LogP contribution is -2.52. The van der Waals surface area contributed by atoms with Crippen molar-refractivity contribution in [2.24, 2.45) is 0 Å². The molecule has 142 valence electrons. The van der Waals surface area contributed by atoms with E-state index in [-0.39, 0.29) is 6.29 Å². The van der Waals surface area contributed by atoms with Crippen molar-refractivity contribution in [2.75, 3.05) is 13.2 Å². The Morgan fingerprint density at radius 1 is 0.792 bits per heavy atom. The third-order valence-electron chi connectivity index (χ3n) is 3.15. The maximum Gasteiger partial charge on any atom is 0.338 e. The van der Waals surface area contributed by atoms with Crippen LogP contribution in [0.2, 0.25) is 0 Å². The van der Waals surface area contributed by atoms with E-state index in [9.17, 15) is 35.1 Å². The highest BCUT2D eigenvalue weighted by atomic mass is 16.6. The first-order valence-electron chi connectivity index (χ1n) is 6.76. The highest BCUT2D eigenvalue weighted by Crippen LogP contribution is 2.11. The van der Waals surface area contributed by atoms with Gasteiger partial charge in [0.25, 0.3) is 0 Å². The zero-order valence-corrected chi connectivity index (χ0v) is 12.4. The van der Waals surface area contributed by atoms with Gasteiger partial charge in [-0.15, -0.1) is 0 Å². The fraction of sp³-hybridized carbons (Fsp3) is 0.833. The number of hydrogen-bond acceptors (Lipinski definition) is 12. The molecular weight excluding hydrogens is 336 g/mol. The summed E-state index contributed by atoms with van der Waals surface area (Å²) in [6, 6.07) is 0. The highest BCUT2D eigenvalue weighted by molar-refractivity contribution is 5.77. The monoisotopic (exact) mass is 358 g/mol. The summed E-state index contributed by atoms with van der Waals surface area (Å²) in [5.74, 6) is -1.70. The van der Waals surface area contributed by atoms with Crippen molar-refractivity contribution in [1.82, 2.24) is 0 Å². The van der Waals surface area contributed by atoms with Crippen molar-refractivity contribution in [3.05, 3.63) is 0 Å². The van der Waals surface area contributed by atoms with Gasteiger partial charge in [-0.3, -0.25) is 4.79 Å². The standard InChI is InChI=1S/C12H22O12/c13-1-4(16)7(18)9(20)6(3-15)24-12(23)11(22)10(21)8(19)5(17)2-14/h3-11,13-14,16-22H,1-2H2/t4-,5-,6-,7-,8-,9-,10+,11+/m1/s1. The number of aldehydes is 1. The van der Waals surface area contributed by atoms with Gasteiger partial charge in [0.2, 0.25) is 0 Å². The second-order valence-corrected chi connectivity index (χ2v) is 4.94. The van der Waals surface area contributed by atoms with Gasteiger partial charge in [-0.2, -0.15) is 0 Å². The zero-order valence-electron chi connectivity index (χ0n) is 12.4. The van der Waals surface area contributed by atoms with Crippen LogP contribution in [0, 0.1) is 0 Å². The molecule has 12 nitrogen and oxygen atoms in total. The van der Waals surface area contributed by atoms with Crippen LogP contribution in [0.3, 0.4) is 0 Å². The molecular formula is C12H22O12. The van der Waals surface area contributed by atoms with Crippen LogP contribution >= 0.6 is 0 Å². The van der Waals surface area contributed by atoms with Crippen LogP contribution in [0.1, 0.15) is 0 Å². The average molecular weight is 358 g/mol. The Morgan fingerprint density at radius 3 is 1.58 bits per heavy atom. The minimum Gasteiger partial charge on any atom is -0.450 e. The molecule has 12 heteroatoms. The molecule has 0 spiro atoms. The molecule has 0 amide bonds. The summed E-state index contributed by atoms with van der Waals surface area (Å²) in [6.45, 7) is -1.95. The van der Waals surface area contributed by atoms with E-state index in [4.69, 9.17) is 20.4 Å². The van der Waals surface area contributed by atoms with Crippen LogP contribution in [0.15, 0.2) is 0 Å². The number of aliphatic hydroxyl groups is 9. The van der Waals surface area contributed by atoms with Crippen molar-refractivity contribution in [3.63, 3.8) is 0 Å². The van der Waals surface area contributed by atoms with E-state index in [1.807, 2.05) is 0 Å². The predicted octanol–water partition coefficient (Wildman–Crippen LogP) is -6.39. The topological polar surface area (TPSA) is 225 Å². The molecule has 0 bridgehead atoms. The van der Waals surface area contributed by atoms with Crippen LogP contribution < -0.4 is 0 Å². The largest absolute Gasteiger partial charge is 0.450 e. The molecule has 0 saturated carbocycles. The van der Waals surface area contributed by atoms with Gasteiger partial charge >= 0.3 is 5.97 Å². The van der Waals surface area contributed by atoms with Gasteiger partial charge in [0, 0.05) is 0 Å². The number of carbonyl (C=O) groups is 2. The number of rotatable bonds is 11. The summed E-state index contributed by atoms with van der Waals surface area (Å²) >= 11 is 0. The highest BCUT2D eigenvalue weighted by Gasteiger charge is 2.39. The molecule has 0 aliphatic rings. The lowest BCUT2D eigenvalue weighted by Gasteiger charge is -2.28. The molecule has 0 heterocycles. The minimum atomic E-state index is -2.46. The molecule has 0 saturated heterocycles. The summed E-state index contributed by atoms with van der Waals surface area (Å²) < 4.78 is 4.35. The Morgan fingerprint density at radius 2 is 1.21 bits per heavy atom. The smallest absolute Gasteiger partial charge is 0.338 e. The fourth-order valence-corrected chi connectivity index (χ4v) is 1.57. The fourth-order valence-electron chi connectivity index (χ4n) is 1.57. The van der Waals surface area contributed by atoms with Crippen LogP contribution in [-0.4, -0.2) is 120 Å². The predicted molar refractivity (Wildman–Crippen MR) is 72.2 cm³/mol. The molecule has 8 atom stereocenters. The molecule has 0 aromatic heterocycles. The first-order chi connectivity index (χ1) is 11.1. The first-order valence-corrected chi connectivity index (χ1v) is 6.76. The van der Waals surface area contributed by atoms with Crippen LogP contribution in [0.4, 0.5) is 0 Å². The van der Waals surface area contributed by atoms with E-state index in [0.29, 0.717) is 0 Å². The Hall–Kier alpha value is -1.22. The zero-order chi connectivity index (χ0) is 19.0. The summed E-state index contributed by atoms with van der Waals surface area (Å²) in [5.41, 5.74) is 0. The van der Waals surface area contributed by atoms with Crippen molar-refractivity contribution in [3.8, 4) is 0 Å². The number of hydrogen-bond donors (Lipinski definition) is 9. The molecule has 0 aliphatic carbocycles. The van der Waals surface area contributed by atoms with Crippen molar-refractivity contribution < 1.29 is 60.3 Å². The van der Waals surface area contributed by atoms with E-state index >= 15 is 0 Å². The molecule has 0 radical (unpaired) electrons. The van der Waals surface area contributed by atoms with Gasteiger partial charge in [0.1, 0.15) is 36.6 Å². The minimum absolute atomic E-state index is 0.145. The molecule has 0 unspecified atom stereocenters. The Labute approximate surface area is 135 Å². The van der Waals surface area contributed by atoms with Crippen LogP contribution in [0.25, 0.3) is 0 Å². The van der Waals surface area contributed by atoms with Crippen molar-refractivity contribution in [1.29, 1.82) is 0 Å². The number of ether oxygens (including phenoxy) is 1. The third-order valence-corrected chi connectivity index (χ3v) is 3.15. The van der Waals surface area contributed by atoms with Gasteiger partial charge in [-0.1, -0.05) is 0 Å². The van der Waals surface area contributed by atoms with Gasteiger partial charge in [0.05, 0.1) is 13.2 Å². The van der Waals surface area contributed by atoms with Gasteiger partial charge in [-0.25, -0.2) is 4.79 Å².